The van der Waals surface area contributed by atoms with Gasteiger partial charge in [-0.05, 0) is 163 Å². The van der Waals surface area contributed by atoms with Crippen LogP contribution in [0.3, 0.4) is 0 Å². The van der Waals surface area contributed by atoms with Gasteiger partial charge in [-0.15, -0.1) is 0 Å². The fraction of sp³-hybridized carbons (Fsp3) is 0.938. The molecule has 0 aromatic heterocycles. The van der Waals surface area contributed by atoms with Crippen LogP contribution in [0.5, 0.6) is 0 Å². The summed E-state index contributed by atoms with van der Waals surface area (Å²) >= 11 is 0. The van der Waals surface area contributed by atoms with E-state index in [1.54, 1.807) is 0 Å². The van der Waals surface area contributed by atoms with Crippen LogP contribution >= 0.6 is 0 Å². The molecule has 0 aliphatic rings. The summed E-state index contributed by atoms with van der Waals surface area (Å²) in [6.45, 7) is 42.9. The lowest BCUT2D eigenvalue weighted by Crippen LogP contribution is -2.58. The molecule has 9 nitrogen and oxygen atoms in total. The van der Waals surface area contributed by atoms with Crippen LogP contribution in [0.4, 0.5) is 0 Å². The summed E-state index contributed by atoms with van der Waals surface area (Å²) in [6, 6.07) is 1.79. The van der Waals surface area contributed by atoms with Crippen LogP contribution in [-0.4, -0.2) is 84.1 Å². The molecule has 0 aliphatic carbocycles. The summed E-state index contributed by atoms with van der Waals surface area (Å²) in [5.41, 5.74) is -1.61. The highest BCUT2D eigenvalue weighted by molar-refractivity contribution is 6.90. The molecule has 1 atom stereocenters. The molecular formula is C32H76O9Si7. The zero-order chi connectivity index (χ0) is 38.3. The highest BCUT2D eigenvalue weighted by atomic mass is 28.5. The van der Waals surface area contributed by atoms with Crippen molar-refractivity contribution >= 4 is 70.9 Å². The number of esters is 2. The van der Waals surface area contributed by atoms with Crippen molar-refractivity contribution in [1.29, 1.82) is 0 Å². The van der Waals surface area contributed by atoms with Gasteiger partial charge in [-0.3, -0.25) is 9.59 Å². The Labute approximate surface area is 303 Å². The molecule has 0 aliphatic heterocycles. The summed E-state index contributed by atoms with van der Waals surface area (Å²) in [5.74, 6) is -0.539. The third kappa shape index (κ3) is 20.9. The first kappa shape index (κ1) is 48.3. The molecule has 0 saturated carbocycles. The third-order valence-corrected chi connectivity index (χ3v) is 31.8. The second-order valence-electron chi connectivity index (χ2n) is 18.9. The van der Waals surface area contributed by atoms with E-state index in [4.69, 9.17) is 30.0 Å². The Balaban J connectivity index is 5.01. The maximum absolute atomic E-state index is 13.4. The number of hydrogen-bond donors (Lipinski definition) is 0. The summed E-state index contributed by atoms with van der Waals surface area (Å²) in [4.78, 5) is 26.5. The van der Waals surface area contributed by atoms with Crippen molar-refractivity contribution in [3.05, 3.63) is 0 Å². The van der Waals surface area contributed by atoms with Gasteiger partial charge >= 0.3 is 37.6 Å². The highest BCUT2D eigenvalue weighted by Gasteiger charge is 2.46. The number of carbonyl (C=O) groups is 2. The Morgan fingerprint density at radius 1 is 0.500 bits per heavy atom. The Morgan fingerprint density at radius 2 is 0.854 bits per heavy atom. The van der Waals surface area contributed by atoms with Gasteiger partial charge < -0.3 is 30.0 Å². The molecule has 0 amide bonds. The largest absolute Gasteiger partial charge is 0.465 e. The maximum atomic E-state index is 13.4. The molecule has 286 valence electrons. The average Bonchev–Trinajstić information content (AvgIpc) is 2.78. The number of rotatable bonds is 23. The zero-order valence-corrected chi connectivity index (χ0v) is 41.8. The van der Waals surface area contributed by atoms with Crippen LogP contribution in [-0.2, 0) is 39.6 Å². The molecule has 16 heteroatoms. The maximum Gasteiger partial charge on any atom is 0.314 e. The van der Waals surface area contributed by atoms with Crippen LogP contribution in [0.15, 0.2) is 0 Å². The molecular weight excluding hydrogens is 725 g/mol. The number of ether oxygens (including phenoxy) is 2. The van der Waals surface area contributed by atoms with Gasteiger partial charge in [-0.1, -0.05) is 6.92 Å². The van der Waals surface area contributed by atoms with E-state index in [-0.39, 0.29) is 11.9 Å². The third-order valence-electron chi connectivity index (χ3n) is 7.61. The fourth-order valence-electron chi connectivity index (χ4n) is 6.66. The van der Waals surface area contributed by atoms with Gasteiger partial charge in [0.1, 0.15) is 0 Å². The Bertz CT molecular complexity index is 1040. The molecule has 48 heavy (non-hydrogen) atoms. The number of hydrogen-bond acceptors (Lipinski definition) is 9. The molecule has 1 unspecified atom stereocenters. The number of carbonyl (C=O) groups excluding carboxylic acids is 2. The molecule has 0 radical (unpaired) electrons. The first-order valence-corrected chi connectivity index (χ1v) is 39.4. The predicted octanol–water partition coefficient (Wildman–Crippen LogP) is 9.95. The lowest BCUT2D eigenvalue weighted by molar-refractivity contribution is -0.163. The SMILES string of the molecule is CCC(C)(CC(C)(C)C(=O)OCCC[Si](C)(C)O[Si](C)(C)C)C(=O)OCCC[Si](C)(C)O[Si](C)(C)O[Si](C)(C)O[Si](C)(C)O[Si](C)(C)C. The summed E-state index contributed by atoms with van der Waals surface area (Å²) in [7, 11) is -14.6. The van der Waals surface area contributed by atoms with Crippen LogP contribution in [0, 0.1) is 10.8 Å². The fourth-order valence-corrected chi connectivity index (χ4v) is 38.4. The smallest absolute Gasteiger partial charge is 0.314 e. The quantitative estimate of drug-likeness (QED) is 0.0568. The van der Waals surface area contributed by atoms with E-state index in [9.17, 15) is 9.59 Å². The minimum Gasteiger partial charge on any atom is -0.465 e. The summed E-state index contributed by atoms with van der Waals surface area (Å²) in [6.07, 6.45) is 2.43. The predicted molar refractivity (Wildman–Crippen MR) is 217 cm³/mol. The average molecular weight is 802 g/mol. The van der Waals surface area contributed by atoms with Crippen LogP contribution in [0.1, 0.15) is 53.4 Å². The van der Waals surface area contributed by atoms with Crippen molar-refractivity contribution in [1.82, 2.24) is 0 Å². The van der Waals surface area contributed by atoms with Gasteiger partial charge in [0.2, 0.25) is 0 Å². The van der Waals surface area contributed by atoms with E-state index in [2.05, 4.69) is 105 Å². The Kier molecular flexibility index (Phi) is 18.0. The highest BCUT2D eigenvalue weighted by Crippen LogP contribution is 2.39. The molecule has 0 saturated heterocycles. The van der Waals surface area contributed by atoms with Crippen molar-refractivity contribution in [2.75, 3.05) is 13.2 Å². The lowest BCUT2D eigenvalue weighted by atomic mass is 9.72. The molecule has 0 aromatic carbocycles. The second kappa shape index (κ2) is 17.9. The van der Waals surface area contributed by atoms with Crippen molar-refractivity contribution in [3.8, 4) is 0 Å². The molecule has 0 aromatic rings. The normalized spacial score (nSPS) is 15.7. The van der Waals surface area contributed by atoms with E-state index in [1.807, 2.05) is 27.7 Å². The van der Waals surface area contributed by atoms with Crippen LogP contribution in [0.25, 0.3) is 0 Å². The van der Waals surface area contributed by atoms with E-state index < -0.39 is 69.8 Å². The van der Waals surface area contributed by atoms with Crippen molar-refractivity contribution in [2.45, 2.75) is 170 Å². The van der Waals surface area contributed by atoms with E-state index >= 15 is 0 Å². The lowest BCUT2D eigenvalue weighted by Gasteiger charge is -2.42. The second-order valence-corrected chi connectivity index (χ2v) is 47.9. The van der Waals surface area contributed by atoms with E-state index in [0.717, 1.165) is 18.5 Å². The molecule has 0 heterocycles. The molecule has 0 fully saturated rings. The summed E-state index contributed by atoms with van der Waals surface area (Å²) in [5, 5.41) is 0. The van der Waals surface area contributed by atoms with E-state index in [1.165, 1.54) is 0 Å². The minimum absolute atomic E-state index is 0.266. The monoisotopic (exact) mass is 800 g/mol. The molecule has 0 rings (SSSR count). The van der Waals surface area contributed by atoms with Gasteiger partial charge in [-0.25, -0.2) is 0 Å². The molecule has 0 spiro atoms. The van der Waals surface area contributed by atoms with E-state index in [0.29, 0.717) is 32.5 Å². The van der Waals surface area contributed by atoms with Crippen molar-refractivity contribution in [3.63, 3.8) is 0 Å². The zero-order valence-electron chi connectivity index (χ0n) is 34.8. The summed E-state index contributed by atoms with van der Waals surface area (Å²) < 4.78 is 44.3. The van der Waals surface area contributed by atoms with Crippen molar-refractivity contribution in [2.24, 2.45) is 10.8 Å². The molecule has 0 bridgehead atoms. The van der Waals surface area contributed by atoms with Crippen LogP contribution < -0.4 is 0 Å². The van der Waals surface area contributed by atoms with Gasteiger partial charge in [0.05, 0.1) is 24.0 Å². The van der Waals surface area contributed by atoms with Crippen LogP contribution in [0.2, 0.25) is 117 Å². The minimum atomic E-state index is -2.50. The topological polar surface area (TPSA) is 98.8 Å². The Morgan fingerprint density at radius 3 is 1.25 bits per heavy atom. The standard InChI is InChI=1S/C32H76O9Si7/c1-21-32(4,28-31(2,3)29(33)35-24-22-26-44(11,12)37-42(5,6)7)30(34)36-25-23-27-45(13,14)39-47(17,18)41-48(19,20)40-46(15,16)38-43(8,9)10/h21-28H2,1-20H3. The molecule has 0 N–H and O–H groups in total. The first-order chi connectivity index (χ1) is 21.1. The van der Waals surface area contributed by atoms with Gasteiger partial charge in [-0.2, -0.15) is 0 Å². The van der Waals surface area contributed by atoms with Crippen molar-refractivity contribution < 1.29 is 39.6 Å². The van der Waals surface area contributed by atoms with Gasteiger partial charge in [0.25, 0.3) is 0 Å². The Hall–Kier alpha value is 0.258. The first-order valence-electron chi connectivity index (χ1n) is 17.9. The van der Waals surface area contributed by atoms with Gasteiger partial charge in [0.15, 0.2) is 33.3 Å². The van der Waals surface area contributed by atoms with Gasteiger partial charge in [0, 0.05) is 0 Å².